The Labute approximate surface area is 173 Å². The first-order valence-corrected chi connectivity index (χ1v) is 9.70. The predicted octanol–water partition coefficient (Wildman–Crippen LogP) is 1.86. The Morgan fingerprint density at radius 3 is 1.73 bits per heavy atom. The molecule has 0 spiro atoms. The summed E-state index contributed by atoms with van der Waals surface area (Å²) in [5, 5.41) is 41.1. The molecule has 1 heterocycles. The first-order valence-electron chi connectivity index (χ1n) is 9.70. The second-order valence-electron chi connectivity index (χ2n) is 6.92. The minimum Gasteiger partial charge on any atom is -0.481 e. The lowest BCUT2D eigenvalue weighted by molar-refractivity contribution is -0.147. The van der Waals surface area contributed by atoms with Gasteiger partial charge in [0.15, 0.2) is 5.66 Å². The molecule has 0 unspecified atom stereocenters. The second kappa shape index (κ2) is 12.6. The van der Waals surface area contributed by atoms with Crippen molar-refractivity contribution in [3.63, 3.8) is 0 Å². The molecule has 166 valence electrons. The molecule has 0 amide bonds. The van der Waals surface area contributed by atoms with Gasteiger partial charge in [-0.15, -0.1) is 0 Å². The normalized spacial score (nSPS) is 16.0. The standard InChI is InChI=1S/C12H22N2O4.C8H6O4/c15-10(16)6-5-7-12(11(17)18)13-8-3-1-2-4-9-14-12;9-7(10)5-2-1-3-6(4-5)8(11)12/h13-14H,1-9H2,(H,15,16)(H,17,18);1-4H,(H,9,10)(H,11,12). The van der Waals surface area contributed by atoms with Crippen LogP contribution in [0.1, 0.15) is 65.7 Å². The Kier molecular flexibility index (Phi) is 10.5. The van der Waals surface area contributed by atoms with E-state index in [0.717, 1.165) is 31.7 Å². The molecular formula is C20H28N2O8. The molecule has 1 aliphatic heterocycles. The van der Waals surface area contributed by atoms with Crippen LogP contribution >= 0.6 is 0 Å². The zero-order chi connectivity index (χ0) is 22.6. The molecule has 0 radical (unpaired) electrons. The summed E-state index contributed by atoms with van der Waals surface area (Å²) in [7, 11) is 0. The van der Waals surface area contributed by atoms with E-state index in [1.165, 1.54) is 18.2 Å². The summed E-state index contributed by atoms with van der Waals surface area (Å²) in [4.78, 5) is 42.7. The van der Waals surface area contributed by atoms with Crippen LogP contribution in [0.25, 0.3) is 0 Å². The summed E-state index contributed by atoms with van der Waals surface area (Å²) in [6, 6.07) is 5.20. The van der Waals surface area contributed by atoms with Crippen molar-refractivity contribution in [1.82, 2.24) is 10.6 Å². The molecule has 1 aliphatic rings. The van der Waals surface area contributed by atoms with Gasteiger partial charge >= 0.3 is 23.9 Å². The van der Waals surface area contributed by atoms with Crippen LogP contribution in [0, 0.1) is 0 Å². The van der Waals surface area contributed by atoms with Gasteiger partial charge in [0.25, 0.3) is 0 Å². The van der Waals surface area contributed by atoms with Gasteiger partial charge in [-0.25, -0.2) is 14.4 Å². The fourth-order valence-corrected chi connectivity index (χ4v) is 2.99. The van der Waals surface area contributed by atoms with E-state index in [1.54, 1.807) is 0 Å². The van der Waals surface area contributed by atoms with Crippen molar-refractivity contribution in [3.8, 4) is 0 Å². The van der Waals surface area contributed by atoms with Gasteiger partial charge in [-0.2, -0.15) is 0 Å². The summed E-state index contributed by atoms with van der Waals surface area (Å²) >= 11 is 0. The summed E-state index contributed by atoms with van der Waals surface area (Å²) in [5.41, 5.74) is -1.20. The van der Waals surface area contributed by atoms with Gasteiger partial charge in [0.05, 0.1) is 11.1 Å². The highest BCUT2D eigenvalue weighted by Crippen LogP contribution is 2.15. The number of rotatable bonds is 7. The van der Waals surface area contributed by atoms with Crippen molar-refractivity contribution in [2.45, 2.75) is 50.6 Å². The lowest BCUT2D eigenvalue weighted by Gasteiger charge is -2.31. The molecule has 10 heteroatoms. The van der Waals surface area contributed by atoms with Crippen LogP contribution < -0.4 is 10.6 Å². The molecule has 0 saturated carbocycles. The molecule has 0 aliphatic carbocycles. The molecule has 30 heavy (non-hydrogen) atoms. The van der Waals surface area contributed by atoms with Crippen LogP contribution in [0.4, 0.5) is 0 Å². The van der Waals surface area contributed by atoms with Gasteiger partial charge in [-0.3, -0.25) is 15.4 Å². The zero-order valence-corrected chi connectivity index (χ0v) is 16.6. The molecule has 6 N–H and O–H groups in total. The minimum absolute atomic E-state index is 0.00160. The van der Waals surface area contributed by atoms with E-state index in [9.17, 15) is 24.3 Å². The van der Waals surface area contributed by atoms with Gasteiger partial charge < -0.3 is 20.4 Å². The molecule has 1 aromatic rings. The Bertz CT molecular complexity index is 711. The quantitative estimate of drug-likeness (QED) is 0.379. The van der Waals surface area contributed by atoms with Crippen LogP contribution in [0.2, 0.25) is 0 Å². The zero-order valence-electron chi connectivity index (χ0n) is 16.6. The van der Waals surface area contributed by atoms with E-state index >= 15 is 0 Å². The minimum atomic E-state index is -1.17. The average Bonchev–Trinajstić information content (AvgIpc) is 2.81. The molecule has 1 saturated heterocycles. The predicted molar refractivity (Wildman–Crippen MR) is 107 cm³/mol. The van der Waals surface area contributed by atoms with Crippen molar-refractivity contribution >= 4 is 23.9 Å². The van der Waals surface area contributed by atoms with Crippen LogP contribution in [0.5, 0.6) is 0 Å². The molecule has 2 rings (SSSR count). The van der Waals surface area contributed by atoms with Crippen LogP contribution in [0.15, 0.2) is 24.3 Å². The summed E-state index contributed by atoms with van der Waals surface area (Å²) in [6.45, 7) is 1.29. The van der Waals surface area contributed by atoms with Gasteiger partial charge in [0.2, 0.25) is 0 Å². The highest BCUT2D eigenvalue weighted by molar-refractivity contribution is 5.93. The average molecular weight is 424 g/mol. The van der Waals surface area contributed by atoms with Crippen LogP contribution in [-0.2, 0) is 9.59 Å². The van der Waals surface area contributed by atoms with Crippen molar-refractivity contribution in [2.24, 2.45) is 0 Å². The number of nitrogens with one attached hydrogen (secondary N) is 2. The molecule has 0 bridgehead atoms. The number of aromatic carboxylic acids is 2. The first-order chi connectivity index (χ1) is 14.2. The molecule has 1 fully saturated rings. The lowest BCUT2D eigenvalue weighted by Crippen LogP contribution is -2.62. The summed E-state index contributed by atoms with van der Waals surface area (Å²) < 4.78 is 0. The third kappa shape index (κ3) is 8.58. The maximum absolute atomic E-state index is 11.5. The molecule has 0 aromatic heterocycles. The maximum atomic E-state index is 11.5. The molecular weight excluding hydrogens is 396 g/mol. The number of carboxylic acid groups (broad SMARTS) is 4. The Hall–Kier alpha value is -2.98. The molecule has 10 nitrogen and oxygen atoms in total. The van der Waals surface area contributed by atoms with Crippen molar-refractivity contribution in [2.75, 3.05) is 13.1 Å². The number of carboxylic acids is 4. The number of hydrogen-bond acceptors (Lipinski definition) is 6. The van der Waals surface area contributed by atoms with Gasteiger partial charge in [0.1, 0.15) is 0 Å². The van der Waals surface area contributed by atoms with Crippen molar-refractivity contribution < 1.29 is 39.6 Å². The molecule has 0 atom stereocenters. The summed E-state index contributed by atoms with van der Waals surface area (Å²) in [5.74, 6) is -4.09. The number of aliphatic carboxylic acids is 2. The van der Waals surface area contributed by atoms with Gasteiger partial charge in [-0.1, -0.05) is 18.9 Å². The van der Waals surface area contributed by atoms with Crippen molar-refractivity contribution in [3.05, 3.63) is 35.4 Å². The maximum Gasteiger partial charge on any atom is 0.338 e. The largest absolute Gasteiger partial charge is 0.481 e. The van der Waals surface area contributed by atoms with Crippen LogP contribution in [-0.4, -0.2) is 63.1 Å². The fraction of sp³-hybridized carbons (Fsp3) is 0.500. The third-order valence-electron chi connectivity index (χ3n) is 4.62. The van der Waals surface area contributed by atoms with E-state index in [1.807, 2.05) is 0 Å². The van der Waals surface area contributed by atoms with Crippen LogP contribution in [0.3, 0.4) is 0 Å². The van der Waals surface area contributed by atoms with E-state index < -0.39 is 29.5 Å². The van der Waals surface area contributed by atoms with E-state index in [2.05, 4.69) is 10.6 Å². The van der Waals surface area contributed by atoms with E-state index in [-0.39, 0.29) is 24.0 Å². The van der Waals surface area contributed by atoms with E-state index in [4.69, 9.17) is 15.3 Å². The highest BCUT2D eigenvalue weighted by Gasteiger charge is 2.37. The fourth-order valence-electron chi connectivity index (χ4n) is 2.99. The first kappa shape index (κ1) is 25.1. The molecule has 1 aromatic carbocycles. The number of carbonyl (C=O) groups is 4. The Morgan fingerprint density at radius 2 is 1.33 bits per heavy atom. The Balaban J connectivity index is 0.000000325. The lowest BCUT2D eigenvalue weighted by atomic mass is 10.0. The topological polar surface area (TPSA) is 173 Å². The Morgan fingerprint density at radius 1 is 0.833 bits per heavy atom. The van der Waals surface area contributed by atoms with E-state index in [0.29, 0.717) is 19.5 Å². The highest BCUT2D eigenvalue weighted by atomic mass is 16.4. The number of hydrogen-bond donors (Lipinski definition) is 6. The number of benzene rings is 1. The monoisotopic (exact) mass is 424 g/mol. The smallest absolute Gasteiger partial charge is 0.338 e. The second-order valence-corrected chi connectivity index (χ2v) is 6.92. The summed E-state index contributed by atoms with van der Waals surface area (Å²) in [6.07, 6.45) is 4.74. The van der Waals surface area contributed by atoms with Crippen molar-refractivity contribution in [1.29, 1.82) is 0 Å². The van der Waals surface area contributed by atoms with Gasteiger partial charge in [0, 0.05) is 6.42 Å². The van der Waals surface area contributed by atoms with Gasteiger partial charge in [-0.05, 0) is 57.0 Å². The third-order valence-corrected chi connectivity index (χ3v) is 4.62. The SMILES string of the molecule is O=C(O)CCCC1(C(=O)O)NCCCCCCN1.O=C(O)c1cccc(C(=O)O)c1.